The Hall–Kier alpha value is -1.64. The van der Waals surface area contributed by atoms with Crippen LogP contribution in [0.25, 0.3) is 0 Å². The molecule has 3 N–H and O–H groups in total. The number of rotatable bonds is 6. The fraction of sp³-hybridized carbons (Fsp3) is 0.588. The molecule has 2 bridgehead atoms. The minimum absolute atomic E-state index is 0.101. The standard InChI is InChI=1S/C17H25N3O4S/c1-24-16-3-2-14(25(18,22)23)10-15(16)17(21)19-7-4-13-11-20-8-5-12(13)6-9-20/h2-3,10,12-13H,4-9,11H2,1H3,(H,19,21)(H2,18,22,23). The van der Waals surface area contributed by atoms with E-state index in [4.69, 9.17) is 9.88 Å². The molecular formula is C17H25N3O4S. The first kappa shape index (κ1) is 18.2. The summed E-state index contributed by atoms with van der Waals surface area (Å²) in [5.41, 5.74) is 0.183. The van der Waals surface area contributed by atoms with Crippen molar-refractivity contribution in [3.05, 3.63) is 23.8 Å². The number of sulfonamides is 1. The van der Waals surface area contributed by atoms with E-state index in [0.717, 1.165) is 18.9 Å². The molecule has 0 aliphatic carbocycles. The molecular weight excluding hydrogens is 342 g/mol. The number of benzene rings is 1. The first-order valence-electron chi connectivity index (χ1n) is 8.60. The van der Waals surface area contributed by atoms with Gasteiger partial charge in [-0.15, -0.1) is 0 Å². The van der Waals surface area contributed by atoms with Crippen molar-refractivity contribution in [2.45, 2.75) is 24.2 Å². The Balaban J connectivity index is 1.62. The SMILES string of the molecule is COc1ccc(S(N)(=O)=O)cc1C(=O)NCCC1CN2CCC1CC2. The lowest BCUT2D eigenvalue weighted by molar-refractivity contribution is 0.0466. The molecule has 1 atom stereocenters. The van der Waals surface area contributed by atoms with Gasteiger partial charge in [-0.3, -0.25) is 4.79 Å². The fourth-order valence-corrected chi connectivity index (χ4v) is 4.46. The van der Waals surface area contributed by atoms with E-state index in [1.54, 1.807) is 0 Å². The van der Waals surface area contributed by atoms with Crippen molar-refractivity contribution in [1.29, 1.82) is 0 Å². The van der Waals surface area contributed by atoms with Gasteiger partial charge in [0.1, 0.15) is 5.75 Å². The number of amides is 1. The minimum Gasteiger partial charge on any atom is -0.496 e. The summed E-state index contributed by atoms with van der Waals surface area (Å²) in [6, 6.07) is 4.04. The molecule has 8 heteroatoms. The molecule has 3 fully saturated rings. The van der Waals surface area contributed by atoms with Crippen LogP contribution in [0.3, 0.4) is 0 Å². The summed E-state index contributed by atoms with van der Waals surface area (Å²) in [5.74, 6) is 1.37. The van der Waals surface area contributed by atoms with Crippen molar-refractivity contribution in [3.63, 3.8) is 0 Å². The van der Waals surface area contributed by atoms with Gasteiger partial charge in [-0.05, 0) is 62.4 Å². The Morgan fingerprint density at radius 2 is 2.08 bits per heavy atom. The number of hydrogen-bond donors (Lipinski definition) is 2. The Labute approximate surface area is 148 Å². The molecule has 7 nitrogen and oxygen atoms in total. The molecule has 1 aromatic rings. The van der Waals surface area contributed by atoms with Gasteiger partial charge in [0.05, 0.1) is 17.6 Å². The lowest BCUT2D eigenvalue weighted by Crippen LogP contribution is -2.48. The van der Waals surface area contributed by atoms with E-state index in [9.17, 15) is 13.2 Å². The average Bonchev–Trinajstić information content (AvgIpc) is 2.61. The first-order valence-corrected chi connectivity index (χ1v) is 10.1. The predicted molar refractivity (Wildman–Crippen MR) is 94.0 cm³/mol. The van der Waals surface area contributed by atoms with Crippen LogP contribution in [0.4, 0.5) is 0 Å². The molecule has 3 saturated heterocycles. The monoisotopic (exact) mass is 367 g/mol. The molecule has 0 saturated carbocycles. The number of nitrogens with two attached hydrogens (primary N) is 1. The summed E-state index contributed by atoms with van der Waals surface area (Å²) >= 11 is 0. The van der Waals surface area contributed by atoms with Crippen molar-refractivity contribution in [2.75, 3.05) is 33.3 Å². The smallest absolute Gasteiger partial charge is 0.255 e. The molecule has 25 heavy (non-hydrogen) atoms. The largest absolute Gasteiger partial charge is 0.496 e. The fourth-order valence-electron chi connectivity index (χ4n) is 3.92. The molecule has 0 spiro atoms. The van der Waals surface area contributed by atoms with Crippen molar-refractivity contribution < 1.29 is 17.9 Å². The van der Waals surface area contributed by atoms with Crippen LogP contribution >= 0.6 is 0 Å². The Bertz CT molecular complexity index is 742. The molecule has 3 aliphatic heterocycles. The van der Waals surface area contributed by atoms with Crippen LogP contribution < -0.4 is 15.2 Å². The number of piperidine rings is 3. The zero-order chi connectivity index (χ0) is 18.0. The summed E-state index contributed by atoms with van der Waals surface area (Å²) in [7, 11) is -2.43. The van der Waals surface area contributed by atoms with Crippen molar-refractivity contribution in [1.82, 2.24) is 10.2 Å². The van der Waals surface area contributed by atoms with E-state index in [1.165, 1.54) is 51.2 Å². The number of hydrogen-bond acceptors (Lipinski definition) is 5. The highest BCUT2D eigenvalue weighted by atomic mass is 32.2. The Morgan fingerprint density at radius 1 is 1.36 bits per heavy atom. The van der Waals surface area contributed by atoms with Gasteiger partial charge in [0, 0.05) is 13.1 Å². The van der Waals surface area contributed by atoms with Crippen molar-refractivity contribution in [2.24, 2.45) is 17.0 Å². The summed E-state index contributed by atoms with van der Waals surface area (Å²) in [4.78, 5) is 14.9. The highest BCUT2D eigenvalue weighted by Crippen LogP contribution is 2.33. The van der Waals surface area contributed by atoms with Gasteiger partial charge < -0.3 is 15.0 Å². The van der Waals surface area contributed by atoms with Crippen LogP contribution in [0, 0.1) is 11.8 Å². The summed E-state index contributed by atoms with van der Waals surface area (Å²) in [5, 5.41) is 8.03. The molecule has 1 unspecified atom stereocenters. The lowest BCUT2D eigenvalue weighted by Gasteiger charge is -2.45. The second-order valence-corrected chi connectivity index (χ2v) is 8.41. The second-order valence-electron chi connectivity index (χ2n) is 6.85. The Morgan fingerprint density at radius 3 is 2.64 bits per heavy atom. The first-order chi connectivity index (χ1) is 11.9. The number of methoxy groups -OCH3 is 1. The van der Waals surface area contributed by atoms with E-state index in [-0.39, 0.29) is 16.4 Å². The topological polar surface area (TPSA) is 102 Å². The number of fused-ring (bicyclic) bond motifs is 3. The number of ether oxygens (including phenoxy) is 1. The van der Waals surface area contributed by atoms with E-state index < -0.39 is 10.0 Å². The predicted octanol–water partition coefficient (Wildman–Crippen LogP) is 0.804. The maximum absolute atomic E-state index is 12.5. The third kappa shape index (κ3) is 4.13. The minimum atomic E-state index is -3.87. The second kappa shape index (κ2) is 7.31. The molecule has 0 aromatic heterocycles. The van der Waals surface area contributed by atoms with Gasteiger partial charge in [0.15, 0.2) is 0 Å². The lowest BCUT2D eigenvalue weighted by atomic mass is 9.77. The molecule has 1 amide bonds. The van der Waals surface area contributed by atoms with Gasteiger partial charge >= 0.3 is 0 Å². The molecule has 138 valence electrons. The van der Waals surface area contributed by atoms with Crippen LogP contribution in [0.2, 0.25) is 0 Å². The summed E-state index contributed by atoms with van der Waals surface area (Å²) in [6.45, 7) is 4.08. The molecule has 3 heterocycles. The number of nitrogens with one attached hydrogen (secondary N) is 1. The summed E-state index contributed by atoms with van der Waals surface area (Å²) < 4.78 is 28.2. The average molecular weight is 367 g/mol. The van der Waals surface area contributed by atoms with Gasteiger partial charge in [-0.1, -0.05) is 0 Å². The van der Waals surface area contributed by atoms with Gasteiger partial charge in [-0.25, -0.2) is 13.6 Å². The molecule has 4 rings (SSSR count). The zero-order valence-corrected chi connectivity index (χ0v) is 15.2. The van der Waals surface area contributed by atoms with Crippen molar-refractivity contribution in [3.8, 4) is 5.75 Å². The molecule has 0 radical (unpaired) electrons. The van der Waals surface area contributed by atoms with Crippen LogP contribution in [0.15, 0.2) is 23.1 Å². The number of carbonyl (C=O) groups excluding carboxylic acids is 1. The van der Waals surface area contributed by atoms with Gasteiger partial charge in [-0.2, -0.15) is 0 Å². The highest BCUT2D eigenvalue weighted by molar-refractivity contribution is 7.89. The summed E-state index contributed by atoms with van der Waals surface area (Å²) in [6.07, 6.45) is 3.44. The van der Waals surface area contributed by atoms with Crippen LogP contribution in [0.1, 0.15) is 29.6 Å². The van der Waals surface area contributed by atoms with E-state index in [0.29, 0.717) is 18.2 Å². The van der Waals surface area contributed by atoms with Crippen molar-refractivity contribution >= 4 is 15.9 Å². The third-order valence-electron chi connectivity index (χ3n) is 5.34. The maximum Gasteiger partial charge on any atom is 0.255 e. The number of primary sulfonamides is 1. The van der Waals surface area contributed by atoms with E-state index in [1.807, 2.05) is 0 Å². The van der Waals surface area contributed by atoms with Crippen LogP contribution in [-0.2, 0) is 10.0 Å². The normalized spacial score (nSPS) is 25.6. The highest BCUT2D eigenvalue weighted by Gasteiger charge is 2.33. The van der Waals surface area contributed by atoms with Gasteiger partial charge in [0.2, 0.25) is 10.0 Å². The Kier molecular flexibility index (Phi) is 5.31. The van der Waals surface area contributed by atoms with E-state index in [2.05, 4.69) is 10.2 Å². The third-order valence-corrected chi connectivity index (χ3v) is 6.25. The molecule has 1 aromatic carbocycles. The quantitative estimate of drug-likeness (QED) is 0.774. The number of nitrogens with zero attached hydrogens (tertiary/aromatic N) is 1. The van der Waals surface area contributed by atoms with Gasteiger partial charge in [0.25, 0.3) is 5.91 Å². The van der Waals surface area contributed by atoms with Crippen LogP contribution in [-0.4, -0.2) is 52.5 Å². The zero-order valence-electron chi connectivity index (χ0n) is 14.4. The van der Waals surface area contributed by atoms with E-state index >= 15 is 0 Å². The number of carbonyl (C=O) groups is 1. The molecule has 3 aliphatic rings. The van der Waals surface area contributed by atoms with Crippen LogP contribution in [0.5, 0.6) is 5.75 Å². The maximum atomic E-state index is 12.5.